The molecule has 0 saturated heterocycles. The minimum atomic E-state index is -1.32. The first-order chi connectivity index (χ1) is 9.99. The highest BCUT2D eigenvalue weighted by molar-refractivity contribution is 5.37. The summed E-state index contributed by atoms with van der Waals surface area (Å²) in [7, 11) is 3.25. The maximum absolute atomic E-state index is 10.2. The van der Waals surface area contributed by atoms with Crippen molar-refractivity contribution in [1.29, 1.82) is 0 Å². The van der Waals surface area contributed by atoms with Gasteiger partial charge in [0.15, 0.2) is 0 Å². The zero-order valence-electron chi connectivity index (χ0n) is 13.2. The highest BCUT2D eigenvalue weighted by Crippen LogP contribution is 2.21. The van der Waals surface area contributed by atoms with E-state index in [-0.39, 0.29) is 13.1 Å². The first-order valence-electron chi connectivity index (χ1n) is 6.87. The molecular formula is C16H26O5. The van der Waals surface area contributed by atoms with Crippen molar-refractivity contribution in [3.63, 3.8) is 0 Å². The molecule has 0 bridgehead atoms. The number of aliphatic hydroxyl groups is 2. The van der Waals surface area contributed by atoms with Gasteiger partial charge >= 0.3 is 0 Å². The lowest BCUT2D eigenvalue weighted by atomic mass is 9.96. The van der Waals surface area contributed by atoms with Crippen LogP contribution >= 0.6 is 0 Å². The van der Waals surface area contributed by atoms with E-state index in [0.29, 0.717) is 5.92 Å². The summed E-state index contributed by atoms with van der Waals surface area (Å²) in [5.41, 5.74) is 1.95. The first kappa shape index (κ1) is 19.6. The summed E-state index contributed by atoms with van der Waals surface area (Å²) in [6.45, 7) is 4.19. The molecule has 0 aliphatic rings. The second-order valence-corrected chi connectivity index (χ2v) is 5.16. The van der Waals surface area contributed by atoms with Gasteiger partial charge < -0.3 is 19.7 Å². The Labute approximate surface area is 126 Å². The van der Waals surface area contributed by atoms with E-state index < -0.39 is 12.2 Å². The number of carbonyl (C=O) groups excluding carboxylic acids is 1. The number of aliphatic hydroxyl groups excluding tert-OH is 2. The standard InChI is InChI=1S/C14H20O4.C2H6O/c1-10(2)7-11-3-5-12(6-4-11)13(8-15)14(17)18-9-16;1-3-2/h3-6,9-10,13-15,17H,7-8H2,1-2H3;1-2H3. The molecule has 2 unspecified atom stereocenters. The number of ether oxygens (including phenoxy) is 2. The van der Waals surface area contributed by atoms with Crippen LogP contribution in [0.3, 0.4) is 0 Å². The average molecular weight is 298 g/mol. The van der Waals surface area contributed by atoms with Gasteiger partial charge in [-0.2, -0.15) is 0 Å². The summed E-state index contributed by atoms with van der Waals surface area (Å²) in [5.74, 6) is -0.0308. The third-order valence-electron chi connectivity index (χ3n) is 2.79. The molecule has 0 radical (unpaired) electrons. The predicted molar refractivity (Wildman–Crippen MR) is 80.9 cm³/mol. The molecule has 0 heterocycles. The molecule has 1 rings (SSSR count). The van der Waals surface area contributed by atoms with E-state index in [1.165, 1.54) is 5.56 Å². The second-order valence-electron chi connectivity index (χ2n) is 5.16. The smallest absolute Gasteiger partial charge is 0.295 e. The van der Waals surface area contributed by atoms with Crippen LogP contribution in [-0.2, 0) is 20.7 Å². The Morgan fingerprint density at radius 2 is 1.71 bits per heavy atom. The third kappa shape index (κ3) is 7.80. The normalized spacial score (nSPS) is 13.1. The van der Waals surface area contributed by atoms with Crippen LogP contribution in [0, 0.1) is 5.92 Å². The van der Waals surface area contributed by atoms with Crippen molar-refractivity contribution in [3.8, 4) is 0 Å². The zero-order chi connectivity index (χ0) is 16.3. The Morgan fingerprint density at radius 3 is 2.10 bits per heavy atom. The summed E-state index contributed by atoms with van der Waals surface area (Å²) in [6, 6.07) is 7.61. The fourth-order valence-corrected chi connectivity index (χ4v) is 1.88. The molecule has 5 heteroatoms. The van der Waals surface area contributed by atoms with Crippen LogP contribution in [0.15, 0.2) is 24.3 Å². The molecule has 2 N–H and O–H groups in total. The van der Waals surface area contributed by atoms with Gasteiger partial charge in [0, 0.05) is 14.2 Å². The lowest BCUT2D eigenvalue weighted by Gasteiger charge is -2.19. The minimum Gasteiger partial charge on any atom is -0.437 e. The number of hydrogen-bond donors (Lipinski definition) is 2. The van der Waals surface area contributed by atoms with E-state index in [9.17, 15) is 15.0 Å². The molecule has 0 aromatic heterocycles. The number of hydrogen-bond acceptors (Lipinski definition) is 5. The van der Waals surface area contributed by atoms with E-state index >= 15 is 0 Å². The minimum absolute atomic E-state index is 0.181. The number of methoxy groups -OCH3 is 1. The largest absolute Gasteiger partial charge is 0.437 e. The highest BCUT2D eigenvalue weighted by Gasteiger charge is 2.21. The summed E-state index contributed by atoms with van der Waals surface area (Å²) in [5, 5.41) is 18.8. The van der Waals surface area contributed by atoms with E-state index in [4.69, 9.17) is 0 Å². The van der Waals surface area contributed by atoms with Gasteiger partial charge in [-0.05, 0) is 23.5 Å². The maximum Gasteiger partial charge on any atom is 0.295 e. The van der Waals surface area contributed by atoms with E-state index in [1.807, 2.05) is 24.3 Å². The lowest BCUT2D eigenvalue weighted by molar-refractivity contribution is -0.157. The fourth-order valence-electron chi connectivity index (χ4n) is 1.88. The number of rotatable bonds is 7. The quantitative estimate of drug-likeness (QED) is 0.592. The zero-order valence-corrected chi connectivity index (χ0v) is 13.2. The molecule has 1 aromatic carbocycles. The van der Waals surface area contributed by atoms with Crippen LogP contribution in [0.2, 0.25) is 0 Å². The topological polar surface area (TPSA) is 76.0 Å². The Morgan fingerprint density at radius 1 is 1.19 bits per heavy atom. The Kier molecular flexibility index (Phi) is 10.5. The SMILES string of the molecule is CC(C)Cc1ccc(C(CO)C(O)OC=O)cc1.COC. The molecule has 0 aliphatic heterocycles. The van der Waals surface area contributed by atoms with Crippen LogP contribution in [0.5, 0.6) is 0 Å². The van der Waals surface area contributed by atoms with Crippen molar-refractivity contribution in [1.82, 2.24) is 0 Å². The second kappa shape index (κ2) is 11.3. The van der Waals surface area contributed by atoms with Crippen LogP contribution in [0.4, 0.5) is 0 Å². The molecule has 0 spiro atoms. The lowest BCUT2D eigenvalue weighted by Crippen LogP contribution is -2.24. The van der Waals surface area contributed by atoms with Crippen molar-refractivity contribution < 1.29 is 24.5 Å². The molecule has 0 aliphatic carbocycles. The predicted octanol–water partition coefficient (Wildman–Crippen LogP) is 1.71. The van der Waals surface area contributed by atoms with Crippen molar-refractivity contribution in [2.24, 2.45) is 5.92 Å². The van der Waals surface area contributed by atoms with E-state index in [1.54, 1.807) is 14.2 Å². The molecule has 0 saturated carbocycles. The van der Waals surface area contributed by atoms with Crippen molar-refractivity contribution in [2.75, 3.05) is 20.8 Å². The van der Waals surface area contributed by atoms with Gasteiger partial charge in [0.05, 0.1) is 12.5 Å². The first-order valence-corrected chi connectivity index (χ1v) is 6.87. The average Bonchev–Trinajstić information content (AvgIpc) is 2.42. The molecular weight excluding hydrogens is 272 g/mol. The molecule has 0 amide bonds. The summed E-state index contributed by atoms with van der Waals surface area (Å²) < 4.78 is 8.71. The monoisotopic (exact) mass is 298 g/mol. The van der Waals surface area contributed by atoms with Crippen LogP contribution in [0.1, 0.15) is 30.9 Å². The van der Waals surface area contributed by atoms with Crippen molar-refractivity contribution >= 4 is 6.47 Å². The molecule has 0 fully saturated rings. The van der Waals surface area contributed by atoms with Crippen LogP contribution < -0.4 is 0 Å². The number of carbonyl (C=O) groups is 1. The number of benzene rings is 1. The van der Waals surface area contributed by atoms with Gasteiger partial charge in [-0.25, -0.2) is 0 Å². The fraction of sp³-hybridized carbons (Fsp3) is 0.562. The molecule has 1 aromatic rings. The van der Waals surface area contributed by atoms with Crippen LogP contribution in [0.25, 0.3) is 0 Å². The van der Waals surface area contributed by atoms with E-state index in [0.717, 1.165) is 12.0 Å². The highest BCUT2D eigenvalue weighted by atomic mass is 16.6. The summed E-state index contributed by atoms with van der Waals surface area (Å²) in [6.07, 6.45) is -0.333. The Balaban J connectivity index is 0.00000122. The van der Waals surface area contributed by atoms with E-state index in [2.05, 4.69) is 23.3 Å². The Bertz CT molecular complexity index is 375. The van der Waals surface area contributed by atoms with Gasteiger partial charge in [0.25, 0.3) is 6.47 Å². The molecule has 5 nitrogen and oxygen atoms in total. The molecule has 120 valence electrons. The molecule has 21 heavy (non-hydrogen) atoms. The van der Waals surface area contributed by atoms with Gasteiger partial charge in [-0.1, -0.05) is 38.1 Å². The van der Waals surface area contributed by atoms with Gasteiger partial charge in [0.2, 0.25) is 6.29 Å². The summed E-state index contributed by atoms with van der Waals surface area (Å²) in [4.78, 5) is 10.2. The third-order valence-corrected chi connectivity index (χ3v) is 2.79. The maximum atomic E-state index is 10.2. The Hall–Kier alpha value is -1.43. The van der Waals surface area contributed by atoms with Crippen molar-refractivity contribution in [2.45, 2.75) is 32.5 Å². The molecule has 2 atom stereocenters. The van der Waals surface area contributed by atoms with Crippen molar-refractivity contribution in [3.05, 3.63) is 35.4 Å². The van der Waals surface area contributed by atoms with Gasteiger partial charge in [0.1, 0.15) is 0 Å². The van der Waals surface area contributed by atoms with Gasteiger partial charge in [-0.3, -0.25) is 4.79 Å². The summed E-state index contributed by atoms with van der Waals surface area (Å²) >= 11 is 0. The van der Waals surface area contributed by atoms with Crippen LogP contribution in [-0.4, -0.2) is 43.8 Å². The van der Waals surface area contributed by atoms with Gasteiger partial charge in [-0.15, -0.1) is 0 Å².